The number of carbonyl (C=O) groups excluding carboxylic acids is 1. The molecule has 1 amide bonds. The highest BCUT2D eigenvalue weighted by Crippen LogP contribution is 2.29. The third-order valence-corrected chi connectivity index (χ3v) is 4.25. The van der Waals surface area contributed by atoms with E-state index >= 15 is 0 Å². The molecule has 0 aliphatic carbocycles. The van der Waals surface area contributed by atoms with E-state index in [9.17, 15) is 9.90 Å². The summed E-state index contributed by atoms with van der Waals surface area (Å²) in [4.78, 5) is 14.6. The fourth-order valence-electron chi connectivity index (χ4n) is 2.10. The van der Waals surface area contributed by atoms with Crippen LogP contribution in [0, 0.1) is 0 Å². The van der Waals surface area contributed by atoms with Crippen molar-refractivity contribution in [2.75, 3.05) is 18.8 Å². The molecule has 3 N–H and O–H groups in total. The number of hydrogen-bond donors (Lipinski definition) is 2. The third-order valence-electron chi connectivity index (χ3n) is 3.07. The Morgan fingerprint density at radius 3 is 2.75 bits per heavy atom. The van der Waals surface area contributed by atoms with Crippen molar-refractivity contribution in [1.82, 2.24) is 4.90 Å². The van der Waals surface area contributed by atoms with E-state index in [4.69, 9.17) is 5.73 Å². The normalized spacial score (nSPS) is 24.4. The van der Waals surface area contributed by atoms with Gasteiger partial charge >= 0.3 is 0 Å². The average molecular weight is 242 g/mol. The topological polar surface area (TPSA) is 66.6 Å². The summed E-state index contributed by atoms with van der Waals surface area (Å²) in [6, 6.07) is -0.796. The summed E-state index contributed by atoms with van der Waals surface area (Å²) in [6.07, 6.45) is 4.21. The molecule has 0 aromatic rings. The monoisotopic (exact) mass is 242 g/mol. The number of rotatable bonds is 3. The molecule has 2 aliphatic rings. The number of aliphatic hydroxyl groups is 1. The lowest BCUT2D eigenvalue weighted by Crippen LogP contribution is -2.49. The minimum Gasteiger partial charge on any atom is -0.386 e. The van der Waals surface area contributed by atoms with Crippen LogP contribution >= 0.6 is 11.8 Å². The van der Waals surface area contributed by atoms with E-state index in [0.717, 1.165) is 43.0 Å². The molecule has 0 unspecified atom stereocenters. The van der Waals surface area contributed by atoms with Crippen LogP contribution in [0.25, 0.3) is 0 Å². The van der Waals surface area contributed by atoms with E-state index in [1.807, 2.05) is 6.08 Å². The average Bonchev–Trinajstić information content (AvgIpc) is 2.97. The van der Waals surface area contributed by atoms with Crippen LogP contribution in [-0.4, -0.2) is 46.9 Å². The second-order valence-corrected chi connectivity index (χ2v) is 5.41. The first-order valence-corrected chi connectivity index (χ1v) is 6.74. The zero-order valence-electron chi connectivity index (χ0n) is 9.26. The van der Waals surface area contributed by atoms with Crippen molar-refractivity contribution < 1.29 is 9.90 Å². The van der Waals surface area contributed by atoms with Crippen LogP contribution < -0.4 is 5.73 Å². The maximum absolute atomic E-state index is 11.9. The predicted molar refractivity (Wildman–Crippen MR) is 65.0 cm³/mol. The standard InChI is InChI=1S/C11H18N2O2S/c12-9(10(14)8-4-3-7-16-8)11(15)13-5-1-2-6-13/h4,9-10,14H,1-3,5-7,12H2/t9-,10+/m1/s1. The van der Waals surface area contributed by atoms with Gasteiger partial charge in [0.05, 0.1) is 0 Å². The van der Waals surface area contributed by atoms with Crippen LogP contribution in [0.5, 0.6) is 0 Å². The fourth-order valence-corrected chi connectivity index (χ4v) is 3.13. The lowest BCUT2D eigenvalue weighted by Gasteiger charge is -2.24. The largest absolute Gasteiger partial charge is 0.386 e. The van der Waals surface area contributed by atoms with Crippen molar-refractivity contribution >= 4 is 17.7 Å². The van der Waals surface area contributed by atoms with Gasteiger partial charge in [0, 0.05) is 23.7 Å². The van der Waals surface area contributed by atoms with Crippen molar-refractivity contribution in [3.63, 3.8) is 0 Å². The first kappa shape index (κ1) is 12.0. The van der Waals surface area contributed by atoms with Crippen LogP contribution in [0.15, 0.2) is 11.0 Å². The molecule has 16 heavy (non-hydrogen) atoms. The van der Waals surface area contributed by atoms with Gasteiger partial charge in [-0.05, 0) is 19.3 Å². The molecule has 0 radical (unpaired) electrons. The van der Waals surface area contributed by atoms with Gasteiger partial charge in [-0.2, -0.15) is 0 Å². The first-order chi connectivity index (χ1) is 7.70. The Hall–Kier alpha value is -0.520. The third kappa shape index (κ3) is 2.42. The Morgan fingerprint density at radius 2 is 2.19 bits per heavy atom. The number of nitrogens with zero attached hydrogens (tertiary/aromatic N) is 1. The zero-order chi connectivity index (χ0) is 11.5. The zero-order valence-corrected chi connectivity index (χ0v) is 10.1. The van der Waals surface area contributed by atoms with Crippen molar-refractivity contribution in [2.45, 2.75) is 31.4 Å². The molecule has 2 heterocycles. The molecule has 0 aromatic carbocycles. The van der Waals surface area contributed by atoms with E-state index < -0.39 is 12.1 Å². The molecule has 90 valence electrons. The number of nitrogens with two attached hydrogens (primary N) is 1. The predicted octanol–water partition coefficient (Wildman–Crippen LogP) is 0.318. The van der Waals surface area contributed by atoms with Crippen molar-refractivity contribution in [2.24, 2.45) is 5.73 Å². The molecule has 2 aliphatic heterocycles. The summed E-state index contributed by atoms with van der Waals surface area (Å²) < 4.78 is 0. The first-order valence-electron chi connectivity index (χ1n) is 5.75. The number of hydrogen-bond acceptors (Lipinski definition) is 4. The molecule has 4 nitrogen and oxygen atoms in total. The highest BCUT2D eigenvalue weighted by Gasteiger charge is 2.31. The Bertz CT molecular complexity index is 300. The fraction of sp³-hybridized carbons (Fsp3) is 0.727. The van der Waals surface area contributed by atoms with Gasteiger partial charge in [-0.15, -0.1) is 11.8 Å². The molecule has 0 saturated carbocycles. The summed E-state index contributed by atoms with van der Waals surface area (Å²) in [5.74, 6) is 0.871. The van der Waals surface area contributed by atoms with Crippen LogP contribution in [0.4, 0.5) is 0 Å². The Kier molecular flexibility index (Phi) is 3.89. The van der Waals surface area contributed by atoms with E-state index in [0.29, 0.717) is 0 Å². The highest BCUT2D eigenvalue weighted by molar-refractivity contribution is 8.03. The molecule has 0 aromatic heterocycles. The van der Waals surface area contributed by atoms with Crippen molar-refractivity contribution in [3.05, 3.63) is 11.0 Å². The number of amides is 1. The molecular weight excluding hydrogens is 224 g/mol. The SMILES string of the molecule is N[C@@H](C(=O)N1CCCC1)[C@@H](O)C1=CCCS1. The van der Waals surface area contributed by atoms with Gasteiger partial charge < -0.3 is 15.7 Å². The molecule has 2 atom stereocenters. The summed E-state index contributed by atoms with van der Waals surface area (Å²) in [5, 5.41) is 9.99. The molecule has 0 spiro atoms. The summed E-state index contributed by atoms with van der Waals surface area (Å²) in [5.41, 5.74) is 5.82. The van der Waals surface area contributed by atoms with Gasteiger partial charge in [0.1, 0.15) is 12.1 Å². The number of thioether (sulfide) groups is 1. The van der Waals surface area contributed by atoms with Gasteiger partial charge in [-0.1, -0.05) is 6.08 Å². The van der Waals surface area contributed by atoms with E-state index in [-0.39, 0.29) is 5.91 Å². The molecule has 0 bridgehead atoms. The number of aliphatic hydroxyl groups excluding tert-OH is 1. The Labute approximate surface area is 99.9 Å². The highest BCUT2D eigenvalue weighted by atomic mass is 32.2. The van der Waals surface area contributed by atoms with Gasteiger partial charge in [0.15, 0.2) is 0 Å². The van der Waals surface area contributed by atoms with Gasteiger partial charge in [0.2, 0.25) is 5.91 Å². The molecular formula is C11H18N2O2S. The number of likely N-dealkylation sites (tertiary alicyclic amines) is 1. The summed E-state index contributed by atoms with van der Waals surface area (Å²) in [7, 11) is 0. The molecule has 5 heteroatoms. The van der Waals surface area contributed by atoms with Crippen LogP contribution in [0.2, 0.25) is 0 Å². The Morgan fingerprint density at radius 1 is 1.50 bits per heavy atom. The maximum atomic E-state index is 11.9. The minimum absolute atomic E-state index is 0.113. The Balaban J connectivity index is 1.94. The van der Waals surface area contributed by atoms with Crippen molar-refractivity contribution in [1.29, 1.82) is 0 Å². The quantitative estimate of drug-likeness (QED) is 0.748. The van der Waals surface area contributed by atoms with Gasteiger partial charge in [0.25, 0.3) is 0 Å². The second-order valence-electron chi connectivity index (χ2n) is 4.25. The summed E-state index contributed by atoms with van der Waals surface area (Å²) in [6.45, 7) is 1.57. The maximum Gasteiger partial charge on any atom is 0.242 e. The van der Waals surface area contributed by atoms with Gasteiger partial charge in [-0.25, -0.2) is 0 Å². The second kappa shape index (κ2) is 5.21. The lowest BCUT2D eigenvalue weighted by molar-refractivity contribution is -0.133. The van der Waals surface area contributed by atoms with E-state index in [1.165, 1.54) is 0 Å². The van der Waals surface area contributed by atoms with E-state index in [1.54, 1.807) is 16.7 Å². The summed E-state index contributed by atoms with van der Waals surface area (Å²) >= 11 is 1.60. The number of allylic oxidation sites excluding steroid dienone is 1. The van der Waals surface area contributed by atoms with Crippen LogP contribution in [-0.2, 0) is 4.79 Å². The van der Waals surface area contributed by atoms with Crippen LogP contribution in [0.1, 0.15) is 19.3 Å². The minimum atomic E-state index is -0.819. The smallest absolute Gasteiger partial charge is 0.242 e. The molecule has 1 saturated heterocycles. The van der Waals surface area contributed by atoms with Crippen molar-refractivity contribution in [3.8, 4) is 0 Å². The molecule has 2 rings (SSSR count). The lowest BCUT2D eigenvalue weighted by atomic mass is 10.1. The number of carbonyl (C=O) groups is 1. The molecule has 1 fully saturated rings. The van der Waals surface area contributed by atoms with Gasteiger partial charge in [-0.3, -0.25) is 4.79 Å². The van der Waals surface area contributed by atoms with Crippen LogP contribution in [0.3, 0.4) is 0 Å². The van der Waals surface area contributed by atoms with E-state index in [2.05, 4.69) is 0 Å².